The van der Waals surface area contributed by atoms with Gasteiger partial charge in [-0.2, -0.15) is 0 Å². The van der Waals surface area contributed by atoms with Crippen molar-refractivity contribution in [3.8, 4) is 5.75 Å². The second-order valence-corrected chi connectivity index (χ2v) is 6.52. The van der Waals surface area contributed by atoms with Crippen molar-refractivity contribution in [2.45, 2.75) is 32.7 Å². The van der Waals surface area contributed by atoms with Crippen molar-refractivity contribution >= 4 is 23.2 Å². The molecule has 27 heavy (non-hydrogen) atoms. The van der Waals surface area contributed by atoms with E-state index in [9.17, 15) is 9.59 Å². The van der Waals surface area contributed by atoms with E-state index in [0.29, 0.717) is 23.7 Å². The summed E-state index contributed by atoms with van der Waals surface area (Å²) in [5.74, 6) is 0.554. The number of methoxy groups -OCH3 is 1. The van der Waals surface area contributed by atoms with E-state index in [1.165, 1.54) is 12.5 Å². The Labute approximate surface area is 160 Å². The molecule has 0 saturated heterocycles. The fourth-order valence-electron chi connectivity index (χ4n) is 2.71. The topological polar surface area (TPSA) is 79.5 Å². The Kier molecular flexibility index (Phi) is 7.23. The summed E-state index contributed by atoms with van der Waals surface area (Å²) in [6.45, 7) is 5.86. The molecule has 0 aliphatic heterocycles. The van der Waals surface area contributed by atoms with E-state index in [1.54, 1.807) is 32.2 Å². The van der Waals surface area contributed by atoms with Gasteiger partial charge in [-0.3, -0.25) is 9.59 Å². The van der Waals surface area contributed by atoms with Crippen LogP contribution < -0.4 is 20.7 Å². The van der Waals surface area contributed by atoms with Crippen LogP contribution in [0.3, 0.4) is 0 Å². The van der Waals surface area contributed by atoms with Gasteiger partial charge < -0.3 is 20.7 Å². The lowest BCUT2D eigenvalue weighted by Crippen LogP contribution is -2.39. The number of anilines is 2. The van der Waals surface area contributed by atoms with Crippen LogP contribution in [0.1, 0.15) is 32.3 Å². The number of hydrogen-bond acceptors (Lipinski definition) is 4. The maximum Gasteiger partial charge on any atom is 0.242 e. The quantitative estimate of drug-likeness (QED) is 0.666. The standard InChI is InChI=1S/C21H27N3O3/c1-14(17-8-6-5-7-9-17)13-22-21(26)15(2)23-19-12-18(24-16(3)25)10-11-20(19)27-4/h5-12,14-15,23H,13H2,1-4H3,(H,22,26)(H,24,25). The van der Waals surface area contributed by atoms with Gasteiger partial charge in [0.2, 0.25) is 11.8 Å². The molecule has 0 aliphatic rings. The van der Waals surface area contributed by atoms with Gasteiger partial charge in [0.25, 0.3) is 0 Å². The number of carbonyl (C=O) groups excluding carboxylic acids is 2. The highest BCUT2D eigenvalue weighted by molar-refractivity contribution is 5.90. The van der Waals surface area contributed by atoms with E-state index in [0.717, 1.165) is 0 Å². The first kappa shape index (κ1) is 20.3. The van der Waals surface area contributed by atoms with E-state index in [4.69, 9.17) is 4.74 Å². The fourth-order valence-corrected chi connectivity index (χ4v) is 2.71. The van der Waals surface area contributed by atoms with Gasteiger partial charge in [0, 0.05) is 19.2 Å². The zero-order valence-electron chi connectivity index (χ0n) is 16.2. The lowest BCUT2D eigenvalue weighted by atomic mass is 10.0. The SMILES string of the molecule is COc1ccc(NC(C)=O)cc1NC(C)C(=O)NCC(C)c1ccccc1. The van der Waals surface area contributed by atoms with Crippen LogP contribution in [0.5, 0.6) is 5.75 Å². The van der Waals surface area contributed by atoms with Gasteiger partial charge in [-0.1, -0.05) is 37.3 Å². The molecule has 0 aromatic heterocycles. The van der Waals surface area contributed by atoms with E-state index >= 15 is 0 Å². The highest BCUT2D eigenvalue weighted by atomic mass is 16.5. The van der Waals surface area contributed by atoms with Gasteiger partial charge in [0.15, 0.2) is 0 Å². The van der Waals surface area contributed by atoms with Gasteiger partial charge in [-0.25, -0.2) is 0 Å². The number of ether oxygens (including phenoxy) is 1. The molecule has 6 heteroatoms. The Hall–Kier alpha value is -3.02. The van der Waals surface area contributed by atoms with Gasteiger partial charge in [-0.15, -0.1) is 0 Å². The molecule has 0 bridgehead atoms. The Morgan fingerprint density at radius 1 is 1.07 bits per heavy atom. The van der Waals surface area contributed by atoms with E-state index < -0.39 is 6.04 Å². The minimum Gasteiger partial charge on any atom is -0.495 e. The minimum absolute atomic E-state index is 0.107. The molecule has 0 aliphatic carbocycles. The Bertz CT molecular complexity index is 777. The Balaban J connectivity index is 1.98. The second-order valence-electron chi connectivity index (χ2n) is 6.52. The molecule has 2 aromatic rings. The Morgan fingerprint density at radius 2 is 1.78 bits per heavy atom. The summed E-state index contributed by atoms with van der Waals surface area (Å²) in [6, 6.07) is 14.8. The molecule has 0 saturated carbocycles. The number of carbonyl (C=O) groups is 2. The molecule has 0 fully saturated rings. The zero-order chi connectivity index (χ0) is 19.8. The van der Waals surface area contributed by atoms with Crippen molar-refractivity contribution in [2.75, 3.05) is 24.3 Å². The van der Waals surface area contributed by atoms with Crippen LogP contribution >= 0.6 is 0 Å². The normalized spacial score (nSPS) is 12.6. The lowest BCUT2D eigenvalue weighted by Gasteiger charge is -2.20. The number of benzene rings is 2. The van der Waals surface area contributed by atoms with E-state index in [2.05, 4.69) is 35.0 Å². The largest absolute Gasteiger partial charge is 0.495 e. The average Bonchev–Trinajstić information content (AvgIpc) is 2.66. The number of amides is 2. The maximum absolute atomic E-state index is 12.5. The van der Waals surface area contributed by atoms with Crippen molar-refractivity contribution in [2.24, 2.45) is 0 Å². The minimum atomic E-state index is -0.463. The number of hydrogen-bond donors (Lipinski definition) is 3. The summed E-state index contributed by atoms with van der Waals surface area (Å²) in [7, 11) is 1.56. The molecule has 6 nitrogen and oxygen atoms in total. The van der Waals surface area contributed by atoms with Gasteiger partial charge >= 0.3 is 0 Å². The zero-order valence-corrected chi connectivity index (χ0v) is 16.2. The van der Waals surface area contributed by atoms with Crippen molar-refractivity contribution in [1.29, 1.82) is 0 Å². The van der Waals surface area contributed by atoms with Crippen LogP contribution in [-0.4, -0.2) is 31.5 Å². The van der Waals surface area contributed by atoms with Gasteiger partial charge in [0.1, 0.15) is 11.8 Å². The third kappa shape index (κ3) is 6.02. The van der Waals surface area contributed by atoms with Crippen LogP contribution in [0.2, 0.25) is 0 Å². The van der Waals surface area contributed by atoms with E-state index in [-0.39, 0.29) is 17.7 Å². The smallest absolute Gasteiger partial charge is 0.242 e. The first-order chi connectivity index (χ1) is 12.9. The van der Waals surface area contributed by atoms with Crippen molar-refractivity contribution in [1.82, 2.24) is 5.32 Å². The summed E-state index contributed by atoms with van der Waals surface area (Å²) >= 11 is 0. The van der Waals surface area contributed by atoms with Gasteiger partial charge in [-0.05, 0) is 36.6 Å². The molecular weight excluding hydrogens is 342 g/mol. The first-order valence-electron chi connectivity index (χ1n) is 8.95. The maximum atomic E-state index is 12.5. The third-order valence-electron chi connectivity index (χ3n) is 4.24. The van der Waals surface area contributed by atoms with Crippen molar-refractivity contribution in [3.63, 3.8) is 0 Å². The van der Waals surface area contributed by atoms with Crippen LogP contribution in [-0.2, 0) is 9.59 Å². The molecule has 0 heterocycles. The van der Waals surface area contributed by atoms with Crippen LogP contribution in [0.15, 0.2) is 48.5 Å². The summed E-state index contributed by atoms with van der Waals surface area (Å²) in [5.41, 5.74) is 2.46. The Morgan fingerprint density at radius 3 is 2.41 bits per heavy atom. The summed E-state index contributed by atoms with van der Waals surface area (Å²) in [6.07, 6.45) is 0. The molecule has 2 atom stereocenters. The molecule has 0 radical (unpaired) electrons. The fraction of sp³-hybridized carbons (Fsp3) is 0.333. The molecule has 144 valence electrons. The third-order valence-corrected chi connectivity index (χ3v) is 4.24. The van der Waals surface area contributed by atoms with Crippen molar-refractivity contribution in [3.05, 3.63) is 54.1 Å². The summed E-state index contributed by atoms with van der Waals surface area (Å²) < 4.78 is 5.34. The molecule has 2 aromatic carbocycles. The summed E-state index contributed by atoms with van der Waals surface area (Å²) in [4.78, 5) is 23.7. The number of nitrogens with one attached hydrogen (secondary N) is 3. The monoisotopic (exact) mass is 369 g/mol. The van der Waals surface area contributed by atoms with Crippen LogP contribution in [0.25, 0.3) is 0 Å². The van der Waals surface area contributed by atoms with Crippen LogP contribution in [0, 0.1) is 0 Å². The summed E-state index contributed by atoms with van der Waals surface area (Å²) in [5, 5.41) is 8.85. The molecule has 3 N–H and O–H groups in total. The highest BCUT2D eigenvalue weighted by Crippen LogP contribution is 2.28. The predicted molar refractivity (Wildman–Crippen MR) is 108 cm³/mol. The van der Waals surface area contributed by atoms with Gasteiger partial charge in [0.05, 0.1) is 12.8 Å². The predicted octanol–water partition coefficient (Wildman–Crippen LogP) is 3.37. The van der Waals surface area contributed by atoms with Crippen molar-refractivity contribution < 1.29 is 14.3 Å². The highest BCUT2D eigenvalue weighted by Gasteiger charge is 2.16. The van der Waals surface area contributed by atoms with Crippen LogP contribution in [0.4, 0.5) is 11.4 Å². The second kappa shape index (κ2) is 9.62. The van der Waals surface area contributed by atoms with E-state index in [1.807, 2.05) is 18.2 Å². The first-order valence-corrected chi connectivity index (χ1v) is 8.95. The average molecular weight is 369 g/mol. The lowest BCUT2D eigenvalue weighted by molar-refractivity contribution is -0.121. The molecule has 0 spiro atoms. The molecule has 2 amide bonds. The number of rotatable bonds is 8. The molecule has 2 unspecified atom stereocenters. The molecular formula is C21H27N3O3. The molecule has 2 rings (SSSR count).